The second kappa shape index (κ2) is 8.88. The standard InChI is InChI=1S/C29H38O6/c1-2-32-25(30)14-20-8-10-28(11-9-20)19-29(35-34-28)23-12-22-13-24(29)17-27(15-22,16-23)26(31)33-18-21-6-4-3-5-7-21/h3-7,20,22-24H,2,8-19H2,1H3. The third-order valence-electron chi connectivity index (χ3n) is 9.97. The third kappa shape index (κ3) is 4.11. The average molecular weight is 483 g/mol. The van der Waals surface area contributed by atoms with E-state index in [1.54, 1.807) is 0 Å². The number of ether oxygens (including phenoxy) is 2. The van der Waals surface area contributed by atoms with Crippen LogP contribution in [0.1, 0.15) is 83.1 Å². The Morgan fingerprint density at radius 1 is 0.971 bits per heavy atom. The highest BCUT2D eigenvalue weighted by molar-refractivity contribution is 5.77. The molecule has 2 unspecified atom stereocenters. The topological polar surface area (TPSA) is 71.1 Å². The van der Waals surface area contributed by atoms with E-state index < -0.39 is 0 Å². The monoisotopic (exact) mass is 482 g/mol. The second-order valence-corrected chi connectivity index (χ2v) is 12.1. The summed E-state index contributed by atoms with van der Waals surface area (Å²) in [6.07, 6.45) is 10.2. The maximum absolute atomic E-state index is 13.4. The van der Waals surface area contributed by atoms with Gasteiger partial charge in [-0.2, -0.15) is 0 Å². The number of carbonyl (C=O) groups excluding carboxylic acids is 2. The molecule has 6 fully saturated rings. The Morgan fingerprint density at radius 3 is 2.37 bits per heavy atom. The summed E-state index contributed by atoms with van der Waals surface area (Å²) in [5.41, 5.74) is 0.192. The summed E-state index contributed by atoms with van der Waals surface area (Å²) in [5.74, 6) is 1.58. The molecule has 1 heterocycles. The smallest absolute Gasteiger partial charge is 0.312 e. The van der Waals surface area contributed by atoms with E-state index in [-0.39, 0.29) is 28.6 Å². The maximum Gasteiger partial charge on any atom is 0.312 e. The quantitative estimate of drug-likeness (QED) is 0.392. The van der Waals surface area contributed by atoms with Gasteiger partial charge in [-0.3, -0.25) is 9.59 Å². The van der Waals surface area contributed by atoms with Gasteiger partial charge in [0.15, 0.2) is 0 Å². The molecule has 6 aliphatic rings. The molecular formula is C29H38O6. The van der Waals surface area contributed by atoms with Gasteiger partial charge in [0, 0.05) is 12.8 Å². The number of hydrogen-bond donors (Lipinski definition) is 0. The zero-order valence-corrected chi connectivity index (χ0v) is 20.8. The van der Waals surface area contributed by atoms with Crippen LogP contribution in [0.15, 0.2) is 30.3 Å². The van der Waals surface area contributed by atoms with Gasteiger partial charge in [0.2, 0.25) is 0 Å². The third-order valence-corrected chi connectivity index (χ3v) is 9.97. The Hall–Kier alpha value is -1.92. The summed E-state index contributed by atoms with van der Waals surface area (Å²) < 4.78 is 11.0. The van der Waals surface area contributed by atoms with Gasteiger partial charge in [-0.25, -0.2) is 9.78 Å². The minimum atomic E-state index is -0.354. The first kappa shape index (κ1) is 23.5. The van der Waals surface area contributed by atoms with Crippen molar-refractivity contribution in [1.29, 1.82) is 0 Å². The molecule has 2 atom stereocenters. The van der Waals surface area contributed by atoms with Crippen LogP contribution in [0, 0.1) is 29.1 Å². The highest BCUT2D eigenvalue weighted by Gasteiger charge is 2.70. The Kier molecular flexibility index (Phi) is 5.96. The molecule has 5 saturated carbocycles. The van der Waals surface area contributed by atoms with Gasteiger partial charge in [0.05, 0.1) is 12.0 Å². The highest BCUT2D eigenvalue weighted by atomic mass is 17.2. The summed E-state index contributed by atoms with van der Waals surface area (Å²) in [6.45, 7) is 2.65. The molecule has 4 bridgehead atoms. The lowest BCUT2D eigenvalue weighted by Crippen LogP contribution is -2.63. The van der Waals surface area contributed by atoms with Crippen molar-refractivity contribution in [2.24, 2.45) is 29.1 Å². The molecule has 0 radical (unpaired) electrons. The largest absolute Gasteiger partial charge is 0.466 e. The predicted molar refractivity (Wildman–Crippen MR) is 128 cm³/mol. The van der Waals surface area contributed by atoms with E-state index in [1.165, 1.54) is 0 Å². The molecular weight excluding hydrogens is 444 g/mol. The van der Waals surface area contributed by atoms with Crippen molar-refractivity contribution in [3.63, 3.8) is 0 Å². The van der Waals surface area contributed by atoms with Crippen LogP contribution in [-0.4, -0.2) is 29.7 Å². The van der Waals surface area contributed by atoms with Crippen LogP contribution in [0.4, 0.5) is 0 Å². The molecule has 1 aromatic carbocycles. The normalized spacial score (nSPS) is 41.4. The summed E-state index contributed by atoms with van der Waals surface area (Å²) in [7, 11) is 0. The van der Waals surface area contributed by atoms with Crippen molar-refractivity contribution in [2.45, 2.75) is 95.4 Å². The molecule has 2 spiro atoms. The first-order valence-corrected chi connectivity index (χ1v) is 13.7. The van der Waals surface area contributed by atoms with Crippen LogP contribution in [0.5, 0.6) is 0 Å². The summed E-state index contributed by atoms with van der Waals surface area (Å²) in [6, 6.07) is 9.96. The fraction of sp³-hybridized carbons (Fsp3) is 0.724. The minimum absolute atomic E-state index is 0.0105. The molecule has 5 aliphatic carbocycles. The van der Waals surface area contributed by atoms with Crippen molar-refractivity contribution in [3.8, 4) is 0 Å². The molecule has 35 heavy (non-hydrogen) atoms. The van der Waals surface area contributed by atoms with Crippen LogP contribution in [0.25, 0.3) is 0 Å². The molecule has 6 heteroatoms. The average Bonchev–Trinajstić information content (AvgIpc) is 3.23. The van der Waals surface area contributed by atoms with E-state index in [0.29, 0.717) is 43.3 Å². The molecule has 7 rings (SSSR count). The molecule has 1 aromatic rings. The fourth-order valence-electron chi connectivity index (χ4n) is 8.46. The Labute approximate surface area is 208 Å². The predicted octanol–water partition coefficient (Wildman–Crippen LogP) is 5.53. The van der Waals surface area contributed by atoms with E-state index in [0.717, 1.165) is 69.8 Å². The number of hydrogen-bond acceptors (Lipinski definition) is 6. The Balaban J connectivity index is 1.11. The van der Waals surface area contributed by atoms with Crippen molar-refractivity contribution in [2.75, 3.05) is 6.61 Å². The van der Waals surface area contributed by atoms with Crippen LogP contribution in [0.2, 0.25) is 0 Å². The summed E-state index contributed by atoms with van der Waals surface area (Å²) >= 11 is 0. The highest BCUT2D eigenvalue weighted by Crippen LogP contribution is 2.69. The molecule has 190 valence electrons. The lowest BCUT2D eigenvalue weighted by molar-refractivity contribution is -0.388. The number of benzene rings is 1. The molecule has 6 nitrogen and oxygen atoms in total. The summed E-state index contributed by atoms with van der Waals surface area (Å²) in [4.78, 5) is 37.9. The van der Waals surface area contributed by atoms with Gasteiger partial charge in [0.1, 0.15) is 17.8 Å². The van der Waals surface area contributed by atoms with Crippen LogP contribution in [-0.2, 0) is 35.4 Å². The first-order chi connectivity index (χ1) is 16.9. The van der Waals surface area contributed by atoms with Crippen molar-refractivity contribution in [1.82, 2.24) is 0 Å². The molecule has 1 saturated heterocycles. The lowest BCUT2D eigenvalue weighted by atomic mass is 9.43. The van der Waals surface area contributed by atoms with Gasteiger partial charge in [-0.05, 0) is 93.9 Å². The van der Waals surface area contributed by atoms with Crippen LogP contribution < -0.4 is 0 Å². The van der Waals surface area contributed by atoms with E-state index in [2.05, 4.69) is 0 Å². The minimum Gasteiger partial charge on any atom is -0.466 e. The van der Waals surface area contributed by atoms with Crippen molar-refractivity contribution < 1.29 is 28.8 Å². The van der Waals surface area contributed by atoms with Crippen LogP contribution in [0.3, 0.4) is 0 Å². The second-order valence-electron chi connectivity index (χ2n) is 12.1. The fourth-order valence-corrected chi connectivity index (χ4v) is 8.46. The van der Waals surface area contributed by atoms with Crippen molar-refractivity contribution in [3.05, 3.63) is 35.9 Å². The van der Waals surface area contributed by atoms with E-state index in [4.69, 9.17) is 19.2 Å². The lowest BCUT2D eigenvalue weighted by Gasteiger charge is -2.62. The van der Waals surface area contributed by atoms with Gasteiger partial charge in [0.25, 0.3) is 0 Å². The van der Waals surface area contributed by atoms with E-state index in [9.17, 15) is 9.59 Å². The van der Waals surface area contributed by atoms with Gasteiger partial charge in [-0.15, -0.1) is 0 Å². The molecule has 0 amide bonds. The maximum atomic E-state index is 13.4. The molecule has 0 aromatic heterocycles. The zero-order valence-electron chi connectivity index (χ0n) is 20.8. The zero-order chi connectivity index (χ0) is 24.1. The SMILES string of the molecule is CCOC(=O)CC1CCC2(CC1)CC1(OO2)C2CC3CC1CC(C(=O)OCc1ccccc1)(C3)C2. The van der Waals surface area contributed by atoms with E-state index >= 15 is 0 Å². The Bertz CT molecular complexity index is 933. The van der Waals surface area contributed by atoms with Gasteiger partial charge < -0.3 is 9.47 Å². The van der Waals surface area contributed by atoms with Gasteiger partial charge in [-0.1, -0.05) is 30.3 Å². The number of esters is 2. The number of carbonyl (C=O) groups is 2. The summed E-state index contributed by atoms with van der Waals surface area (Å²) in [5, 5.41) is 0. The van der Waals surface area contributed by atoms with Gasteiger partial charge >= 0.3 is 11.9 Å². The Morgan fingerprint density at radius 2 is 1.69 bits per heavy atom. The molecule has 0 N–H and O–H groups in total. The van der Waals surface area contributed by atoms with Crippen LogP contribution >= 0.6 is 0 Å². The first-order valence-electron chi connectivity index (χ1n) is 13.7. The van der Waals surface area contributed by atoms with E-state index in [1.807, 2.05) is 37.3 Å². The molecule has 1 aliphatic heterocycles. The number of rotatable bonds is 6. The van der Waals surface area contributed by atoms with Crippen molar-refractivity contribution >= 4 is 11.9 Å².